The molecule has 0 saturated carbocycles. The Morgan fingerprint density at radius 1 is 1.19 bits per heavy atom. The average molecular weight is 393 g/mol. The van der Waals surface area contributed by atoms with Crippen LogP contribution in [0.25, 0.3) is 0 Å². The maximum Gasteiger partial charge on any atom is 0.285 e. The van der Waals surface area contributed by atoms with Gasteiger partial charge in [-0.15, -0.1) is 4.40 Å². The molecule has 0 radical (unpaired) electrons. The molecule has 3 rings (SSSR count). The lowest BCUT2D eigenvalue weighted by Crippen LogP contribution is -2.39. The molecule has 0 bridgehead atoms. The first-order valence-corrected chi connectivity index (χ1v) is 11.1. The predicted molar refractivity (Wildman–Crippen MR) is 105 cm³/mol. The Morgan fingerprint density at radius 3 is 2.63 bits per heavy atom. The molecule has 0 atom stereocenters. The van der Waals surface area contributed by atoms with Gasteiger partial charge < -0.3 is 15.1 Å². The largest absolute Gasteiger partial charge is 0.355 e. The van der Waals surface area contributed by atoms with E-state index >= 15 is 0 Å². The van der Waals surface area contributed by atoms with Crippen LogP contribution in [0.4, 0.5) is 0 Å². The van der Waals surface area contributed by atoms with Gasteiger partial charge in [0.15, 0.2) is 5.84 Å². The first kappa shape index (κ1) is 19.8. The highest BCUT2D eigenvalue weighted by Gasteiger charge is 2.30. The van der Waals surface area contributed by atoms with Crippen molar-refractivity contribution in [3.05, 3.63) is 29.8 Å². The number of rotatable bonds is 6. The highest BCUT2D eigenvalue weighted by molar-refractivity contribution is 7.90. The number of hydrogen-bond donors (Lipinski definition) is 1. The molecule has 0 aromatic heterocycles. The fraction of sp³-hybridized carbons (Fsp3) is 0.579. The third-order valence-electron chi connectivity index (χ3n) is 5.03. The van der Waals surface area contributed by atoms with E-state index < -0.39 is 10.0 Å². The van der Waals surface area contributed by atoms with Gasteiger partial charge in [0.1, 0.15) is 4.90 Å². The highest BCUT2D eigenvalue weighted by atomic mass is 32.2. The van der Waals surface area contributed by atoms with E-state index in [1.165, 1.54) is 31.7 Å². The van der Waals surface area contributed by atoms with Gasteiger partial charge in [0.25, 0.3) is 10.0 Å². The first-order valence-electron chi connectivity index (χ1n) is 9.62. The molecule has 1 fully saturated rings. The normalized spacial score (nSPS) is 19.1. The number of fused-ring (bicyclic) bond motifs is 1. The van der Waals surface area contributed by atoms with Crippen LogP contribution in [0.15, 0.2) is 33.6 Å². The number of carbonyl (C=O) groups excluding carboxylic acids is 1. The molecule has 1 aromatic carbocycles. The second-order valence-corrected chi connectivity index (χ2v) is 8.77. The lowest BCUT2D eigenvalue weighted by atomic mass is 10.2. The van der Waals surface area contributed by atoms with Crippen molar-refractivity contribution in [1.29, 1.82) is 0 Å². The zero-order chi connectivity index (χ0) is 19.3. The highest BCUT2D eigenvalue weighted by Crippen LogP contribution is 2.26. The van der Waals surface area contributed by atoms with Gasteiger partial charge in [-0.2, -0.15) is 8.42 Å². The van der Waals surface area contributed by atoms with Crippen molar-refractivity contribution in [2.75, 3.05) is 39.8 Å². The monoisotopic (exact) mass is 392 g/mol. The van der Waals surface area contributed by atoms with Crippen LogP contribution in [0.1, 0.15) is 37.7 Å². The Balaban J connectivity index is 1.46. The summed E-state index contributed by atoms with van der Waals surface area (Å²) in [4.78, 5) is 16.5. The van der Waals surface area contributed by atoms with Crippen LogP contribution < -0.4 is 5.32 Å². The maximum atomic E-state index is 12.2. The molecule has 1 amide bonds. The third kappa shape index (κ3) is 5.07. The van der Waals surface area contributed by atoms with Crippen LogP contribution in [0.2, 0.25) is 0 Å². The molecule has 7 nitrogen and oxygen atoms in total. The summed E-state index contributed by atoms with van der Waals surface area (Å²) in [6.45, 7) is 4.03. The number of likely N-dealkylation sites (tertiary alicyclic amines) is 1. The molecular weight excluding hydrogens is 364 g/mol. The lowest BCUT2D eigenvalue weighted by Gasteiger charge is -2.20. The van der Waals surface area contributed by atoms with Crippen molar-refractivity contribution in [3.8, 4) is 0 Å². The minimum atomic E-state index is -3.66. The molecule has 27 heavy (non-hydrogen) atoms. The Morgan fingerprint density at radius 2 is 1.89 bits per heavy atom. The van der Waals surface area contributed by atoms with Crippen LogP contribution >= 0.6 is 0 Å². The van der Waals surface area contributed by atoms with E-state index in [0.717, 1.165) is 26.1 Å². The van der Waals surface area contributed by atoms with Gasteiger partial charge in [0.2, 0.25) is 5.91 Å². The van der Waals surface area contributed by atoms with Gasteiger partial charge in [-0.05, 0) is 51.0 Å². The molecule has 148 valence electrons. The Labute approximate surface area is 161 Å². The number of nitrogens with one attached hydrogen (secondary N) is 1. The summed E-state index contributed by atoms with van der Waals surface area (Å²) in [5.74, 6) is 0.197. The number of benzene rings is 1. The van der Waals surface area contributed by atoms with Gasteiger partial charge >= 0.3 is 0 Å². The smallest absolute Gasteiger partial charge is 0.285 e. The zero-order valence-corrected chi connectivity index (χ0v) is 16.7. The van der Waals surface area contributed by atoms with Gasteiger partial charge in [0, 0.05) is 19.2 Å². The molecule has 8 heteroatoms. The van der Waals surface area contributed by atoms with E-state index in [4.69, 9.17) is 0 Å². The van der Waals surface area contributed by atoms with Gasteiger partial charge in [-0.25, -0.2) is 0 Å². The number of likely N-dealkylation sites (N-methyl/N-ethyl adjacent to an activating group) is 1. The lowest BCUT2D eigenvalue weighted by molar-refractivity contribution is -0.121. The van der Waals surface area contributed by atoms with Crippen molar-refractivity contribution in [2.24, 2.45) is 4.40 Å². The van der Waals surface area contributed by atoms with Crippen molar-refractivity contribution in [2.45, 2.75) is 37.0 Å². The molecule has 2 aliphatic rings. The minimum absolute atomic E-state index is 0.0758. The summed E-state index contributed by atoms with van der Waals surface area (Å²) < 4.78 is 28.1. The number of amidine groups is 1. The molecule has 0 unspecified atom stereocenters. The average Bonchev–Trinajstić information content (AvgIpc) is 2.80. The van der Waals surface area contributed by atoms with Crippen molar-refractivity contribution in [1.82, 2.24) is 15.1 Å². The van der Waals surface area contributed by atoms with E-state index in [9.17, 15) is 13.2 Å². The fourth-order valence-corrected chi connectivity index (χ4v) is 4.85. The fourth-order valence-electron chi connectivity index (χ4n) is 3.60. The van der Waals surface area contributed by atoms with Crippen LogP contribution in [-0.2, 0) is 14.8 Å². The quantitative estimate of drug-likeness (QED) is 0.741. The SMILES string of the molecule is CN(CC(=O)NCCCN1CCCCCC1)C1=NS(=O)(=O)c2ccccc21. The summed E-state index contributed by atoms with van der Waals surface area (Å²) in [5, 5.41) is 2.93. The van der Waals surface area contributed by atoms with E-state index in [-0.39, 0.29) is 17.3 Å². The molecule has 1 N–H and O–H groups in total. The van der Waals surface area contributed by atoms with Crippen LogP contribution in [0.3, 0.4) is 0 Å². The van der Waals surface area contributed by atoms with E-state index in [1.54, 1.807) is 30.1 Å². The number of sulfonamides is 1. The molecule has 1 aromatic rings. The van der Waals surface area contributed by atoms with E-state index in [1.807, 2.05) is 0 Å². The molecule has 1 saturated heterocycles. The molecule has 2 aliphatic heterocycles. The first-order chi connectivity index (χ1) is 13.0. The van der Waals surface area contributed by atoms with Crippen LogP contribution in [0, 0.1) is 0 Å². The number of nitrogens with zero attached hydrogens (tertiary/aromatic N) is 3. The summed E-state index contributed by atoms with van der Waals surface area (Å²) in [7, 11) is -1.98. The number of hydrogen-bond acceptors (Lipinski definition) is 5. The van der Waals surface area contributed by atoms with Gasteiger partial charge in [-0.3, -0.25) is 4.79 Å². The standard InChI is InChI=1S/C19H28N4O3S/c1-22(19-16-9-4-5-10-17(16)27(25,26)21-19)15-18(24)20-11-8-14-23-12-6-2-3-7-13-23/h4-5,9-10H,2-3,6-8,11-15H2,1H3,(H,20,24). The zero-order valence-electron chi connectivity index (χ0n) is 15.9. The number of carbonyl (C=O) groups is 1. The number of amides is 1. The molecule has 0 aliphatic carbocycles. The van der Waals surface area contributed by atoms with E-state index in [2.05, 4.69) is 14.6 Å². The second kappa shape index (κ2) is 8.84. The van der Waals surface area contributed by atoms with Crippen LogP contribution in [-0.4, -0.2) is 69.7 Å². The van der Waals surface area contributed by atoms with Crippen molar-refractivity contribution >= 4 is 21.8 Å². The Kier molecular flexibility index (Phi) is 6.49. The van der Waals surface area contributed by atoms with Gasteiger partial charge in [0.05, 0.1) is 6.54 Å². The minimum Gasteiger partial charge on any atom is -0.355 e. The summed E-state index contributed by atoms with van der Waals surface area (Å²) in [6.07, 6.45) is 6.10. The summed E-state index contributed by atoms with van der Waals surface area (Å²) >= 11 is 0. The second-order valence-electron chi connectivity index (χ2n) is 7.20. The molecular formula is C19H28N4O3S. The molecule has 2 heterocycles. The van der Waals surface area contributed by atoms with Crippen LogP contribution in [0.5, 0.6) is 0 Å². The predicted octanol–water partition coefficient (Wildman–Crippen LogP) is 1.45. The third-order valence-corrected chi connectivity index (χ3v) is 6.35. The molecule has 0 spiro atoms. The maximum absolute atomic E-state index is 12.2. The Hall–Kier alpha value is -1.93. The van der Waals surface area contributed by atoms with E-state index in [0.29, 0.717) is 17.9 Å². The summed E-state index contributed by atoms with van der Waals surface area (Å²) in [6, 6.07) is 6.70. The topological polar surface area (TPSA) is 82.1 Å². The Bertz CT molecular complexity index is 799. The summed E-state index contributed by atoms with van der Waals surface area (Å²) in [5.41, 5.74) is 0.550. The van der Waals surface area contributed by atoms with Crippen molar-refractivity contribution in [3.63, 3.8) is 0 Å². The van der Waals surface area contributed by atoms with Gasteiger partial charge in [-0.1, -0.05) is 25.0 Å². The van der Waals surface area contributed by atoms with Crippen molar-refractivity contribution < 1.29 is 13.2 Å².